The lowest BCUT2D eigenvalue weighted by molar-refractivity contribution is -0.118. The van der Waals surface area contributed by atoms with E-state index in [0.29, 0.717) is 12.2 Å². The van der Waals surface area contributed by atoms with Crippen LogP contribution >= 0.6 is 0 Å². The normalized spacial score (nSPS) is 23.6. The molecule has 1 aliphatic rings. The van der Waals surface area contributed by atoms with E-state index in [1.54, 1.807) is 19.4 Å². The standard InChI is InChI=1S/C12H17N3O2/c1-8-3-4-11(14-6-8)15-12(16)10-5-9(17-2)7-13-10/h3-4,6,9-10,13H,5,7H2,1-2H3,(H,14,15,16)/t9-,10-/m0/s1. The summed E-state index contributed by atoms with van der Waals surface area (Å²) in [7, 11) is 1.66. The third kappa shape index (κ3) is 3.01. The second-order valence-corrected chi connectivity index (χ2v) is 4.26. The lowest BCUT2D eigenvalue weighted by Crippen LogP contribution is -2.35. The number of hydrogen-bond donors (Lipinski definition) is 2. The molecule has 1 saturated heterocycles. The minimum absolute atomic E-state index is 0.0547. The Morgan fingerprint density at radius 2 is 2.41 bits per heavy atom. The fourth-order valence-electron chi connectivity index (χ4n) is 1.84. The van der Waals surface area contributed by atoms with Gasteiger partial charge in [0.1, 0.15) is 5.82 Å². The Balaban J connectivity index is 1.91. The molecular weight excluding hydrogens is 218 g/mol. The summed E-state index contributed by atoms with van der Waals surface area (Å²) in [6.07, 6.45) is 2.56. The summed E-state index contributed by atoms with van der Waals surface area (Å²) in [5, 5.41) is 5.91. The van der Waals surface area contributed by atoms with Crippen molar-refractivity contribution in [3.8, 4) is 0 Å². The molecule has 1 aliphatic heterocycles. The van der Waals surface area contributed by atoms with Crippen molar-refractivity contribution >= 4 is 11.7 Å². The van der Waals surface area contributed by atoms with Crippen LogP contribution in [0, 0.1) is 6.92 Å². The highest BCUT2D eigenvalue weighted by Crippen LogP contribution is 2.12. The van der Waals surface area contributed by atoms with E-state index >= 15 is 0 Å². The van der Waals surface area contributed by atoms with Gasteiger partial charge in [0.25, 0.3) is 0 Å². The van der Waals surface area contributed by atoms with Crippen molar-refractivity contribution in [2.45, 2.75) is 25.5 Å². The van der Waals surface area contributed by atoms with E-state index in [0.717, 1.165) is 12.1 Å². The number of methoxy groups -OCH3 is 1. The van der Waals surface area contributed by atoms with Crippen LogP contribution in [0.5, 0.6) is 0 Å². The Morgan fingerprint density at radius 1 is 1.59 bits per heavy atom. The van der Waals surface area contributed by atoms with Gasteiger partial charge in [0, 0.05) is 19.9 Å². The molecule has 0 aromatic carbocycles. The number of ether oxygens (including phenoxy) is 1. The number of pyridine rings is 1. The van der Waals surface area contributed by atoms with Crippen LogP contribution in [0.1, 0.15) is 12.0 Å². The molecule has 1 amide bonds. The van der Waals surface area contributed by atoms with Crippen molar-refractivity contribution in [2.24, 2.45) is 0 Å². The van der Waals surface area contributed by atoms with Crippen LogP contribution in [0.3, 0.4) is 0 Å². The molecule has 17 heavy (non-hydrogen) atoms. The number of rotatable bonds is 3. The zero-order chi connectivity index (χ0) is 12.3. The monoisotopic (exact) mass is 235 g/mol. The Labute approximate surface area is 101 Å². The predicted molar refractivity (Wildman–Crippen MR) is 64.8 cm³/mol. The Bertz CT molecular complexity index is 391. The molecule has 5 heteroatoms. The zero-order valence-electron chi connectivity index (χ0n) is 10.1. The lowest BCUT2D eigenvalue weighted by atomic mass is 10.2. The largest absolute Gasteiger partial charge is 0.380 e. The smallest absolute Gasteiger partial charge is 0.242 e. The average molecular weight is 235 g/mol. The maximum Gasteiger partial charge on any atom is 0.242 e. The fraction of sp³-hybridized carbons (Fsp3) is 0.500. The van der Waals surface area contributed by atoms with Gasteiger partial charge >= 0.3 is 0 Å². The van der Waals surface area contributed by atoms with E-state index in [4.69, 9.17) is 4.74 Å². The number of aromatic nitrogens is 1. The van der Waals surface area contributed by atoms with Gasteiger partial charge in [0.05, 0.1) is 12.1 Å². The van der Waals surface area contributed by atoms with Gasteiger partial charge in [-0.15, -0.1) is 0 Å². The van der Waals surface area contributed by atoms with E-state index in [1.165, 1.54) is 0 Å². The molecule has 92 valence electrons. The van der Waals surface area contributed by atoms with Crippen LogP contribution < -0.4 is 10.6 Å². The molecule has 0 radical (unpaired) electrons. The first-order chi connectivity index (χ1) is 8.19. The van der Waals surface area contributed by atoms with Gasteiger partial charge in [-0.3, -0.25) is 4.79 Å². The first-order valence-electron chi connectivity index (χ1n) is 5.68. The van der Waals surface area contributed by atoms with Gasteiger partial charge in [-0.2, -0.15) is 0 Å². The van der Waals surface area contributed by atoms with E-state index in [-0.39, 0.29) is 18.1 Å². The van der Waals surface area contributed by atoms with Crippen molar-refractivity contribution in [1.82, 2.24) is 10.3 Å². The van der Waals surface area contributed by atoms with E-state index in [2.05, 4.69) is 15.6 Å². The minimum atomic E-state index is -0.192. The summed E-state index contributed by atoms with van der Waals surface area (Å²) >= 11 is 0. The summed E-state index contributed by atoms with van der Waals surface area (Å²) in [6.45, 7) is 2.68. The first-order valence-corrected chi connectivity index (χ1v) is 5.68. The molecule has 5 nitrogen and oxygen atoms in total. The van der Waals surface area contributed by atoms with Gasteiger partial charge in [-0.25, -0.2) is 4.98 Å². The van der Waals surface area contributed by atoms with Crippen molar-refractivity contribution in [2.75, 3.05) is 19.0 Å². The number of carbonyl (C=O) groups excluding carboxylic acids is 1. The molecule has 2 rings (SSSR count). The predicted octanol–water partition coefficient (Wildman–Crippen LogP) is 0.705. The molecule has 1 aromatic heterocycles. The molecule has 0 bridgehead atoms. The highest BCUT2D eigenvalue weighted by Gasteiger charge is 2.29. The summed E-state index contributed by atoms with van der Waals surface area (Å²) in [5.74, 6) is 0.532. The average Bonchev–Trinajstić information content (AvgIpc) is 2.81. The molecule has 1 aromatic rings. The van der Waals surface area contributed by atoms with Crippen LogP contribution in [0.15, 0.2) is 18.3 Å². The highest BCUT2D eigenvalue weighted by atomic mass is 16.5. The minimum Gasteiger partial charge on any atom is -0.380 e. The van der Waals surface area contributed by atoms with E-state index in [1.807, 2.05) is 13.0 Å². The number of nitrogens with zero attached hydrogens (tertiary/aromatic N) is 1. The van der Waals surface area contributed by atoms with Gasteiger partial charge in [-0.05, 0) is 25.0 Å². The zero-order valence-corrected chi connectivity index (χ0v) is 10.1. The molecular formula is C12H17N3O2. The molecule has 0 spiro atoms. The van der Waals surface area contributed by atoms with Crippen molar-refractivity contribution in [3.63, 3.8) is 0 Å². The lowest BCUT2D eigenvalue weighted by Gasteiger charge is -2.10. The number of aryl methyl sites for hydroxylation is 1. The second kappa shape index (κ2) is 5.25. The fourth-order valence-corrected chi connectivity index (χ4v) is 1.84. The van der Waals surface area contributed by atoms with Crippen LogP contribution in [0.25, 0.3) is 0 Å². The summed E-state index contributed by atoms with van der Waals surface area (Å²) in [4.78, 5) is 16.0. The summed E-state index contributed by atoms with van der Waals surface area (Å²) < 4.78 is 5.20. The number of hydrogen-bond acceptors (Lipinski definition) is 4. The first kappa shape index (κ1) is 12.0. The van der Waals surface area contributed by atoms with Crippen molar-refractivity contribution in [3.05, 3.63) is 23.9 Å². The summed E-state index contributed by atoms with van der Waals surface area (Å²) in [5.41, 5.74) is 1.07. The van der Waals surface area contributed by atoms with Crippen LogP contribution in [-0.2, 0) is 9.53 Å². The Hall–Kier alpha value is -1.46. The van der Waals surface area contributed by atoms with Gasteiger partial charge in [0.2, 0.25) is 5.91 Å². The molecule has 2 heterocycles. The third-order valence-corrected chi connectivity index (χ3v) is 2.90. The third-order valence-electron chi connectivity index (χ3n) is 2.90. The SMILES string of the molecule is CO[C@@H]1CN[C@H](C(=O)Nc2ccc(C)cn2)C1. The Kier molecular flexibility index (Phi) is 3.71. The molecule has 0 saturated carbocycles. The molecule has 1 fully saturated rings. The van der Waals surface area contributed by atoms with Crippen LogP contribution in [-0.4, -0.2) is 36.7 Å². The topological polar surface area (TPSA) is 63.2 Å². The molecule has 0 aliphatic carbocycles. The quantitative estimate of drug-likeness (QED) is 0.809. The van der Waals surface area contributed by atoms with Gasteiger partial charge in [0.15, 0.2) is 0 Å². The maximum atomic E-state index is 11.9. The van der Waals surface area contributed by atoms with Gasteiger partial charge < -0.3 is 15.4 Å². The number of amides is 1. The second-order valence-electron chi connectivity index (χ2n) is 4.26. The van der Waals surface area contributed by atoms with E-state index in [9.17, 15) is 4.79 Å². The van der Waals surface area contributed by atoms with E-state index < -0.39 is 0 Å². The number of anilines is 1. The van der Waals surface area contributed by atoms with Crippen LogP contribution in [0.2, 0.25) is 0 Å². The molecule has 0 unspecified atom stereocenters. The van der Waals surface area contributed by atoms with Crippen molar-refractivity contribution < 1.29 is 9.53 Å². The van der Waals surface area contributed by atoms with Crippen LogP contribution in [0.4, 0.5) is 5.82 Å². The Morgan fingerprint density at radius 3 is 3.00 bits per heavy atom. The summed E-state index contributed by atoms with van der Waals surface area (Å²) in [6, 6.07) is 3.53. The molecule has 2 atom stereocenters. The number of nitrogens with one attached hydrogen (secondary N) is 2. The van der Waals surface area contributed by atoms with Gasteiger partial charge in [-0.1, -0.05) is 6.07 Å². The van der Waals surface area contributed by atoms with Crippen molar-refractivity contribution in [1.29, 1.82) is 0 Å². The highest BCUT2D eigenvalue weighted by molar-refractivity contribution is 5.94. The molecule has 2 N–H and O–H groups in total. The maximum absolute atomic E-state index is 11.9. The number of carbonyl (C=O) groups is 1.